The zero-order valence-corrected chi connectivity index (χ0v) is 11.1. The van der Waals surface area contributed by atoms with Crippen molar-refractivity contribution in [3.05, 3.63) is 24.3 Å². The standard InChI is InChI=1S/C14H23NO3/c1-2-16-9-3-4-10-17-13-6-5-7-14(12-13)18-11-8-15/h5-7,12H,2-4,8-11,15H2,1H3. The van der Waals surface area contributed by atoms with E-state index in [2.05, 4.69) is 0 Å². The molecule has 4 nitrogen and oxygen atoms in total. The average molecular weight is 253 g/mol. The van der Waals surface area contributed by atoms with E-state index in [9.17, 15) is 0 Å². The molecule has 0 atom stereocenters. The first kappa shape index (κ1) is 14.8. The lowest BCUT2D eigenvalue weighted by Crippen LogP contribution is -2.10. The number of hydrogen-bond acceptors (Lipinski definition) is 4. The van der Waals surface area contributed by atoms with Crippen molar-refractivity contribution in [1.82, 2.24) is 0 Å². The molecular formula is C14H23NO3. The zero-order chi connectivity index (χ0) is 13.1. The molecule has 0 aliphatic carbocycles. The van der Waals surface area contributed by atoms with Crippen molar-refractivity contribution in [2.75, 3.05) is 33.0 Å². The van der Waals surface area contributed by atoms with Crippen molar-refractivity contribution in [1.29, 1.82) is 0 Å². The quantitative estimate of drug-likeness (QED) is 0.650. The van der Waals surface area contributed by atoms with Crippen molar-refractivity contribution in [3.8, 4) is 11.5 Å². The van der Waals surface area contributed by atoms with Crippen LogP contribution in [0.5, 0.6) is 11.5 Å². The highest BCUT2D eigenvalue weighted by molar-refractivity contribution is 5.32. The van der Waals surface area contributed by atoms with Gasteiger partial charge in [0.05, 0.1) is 6.61 Å². The van der Waals surface area contributed by atoms with Gasteiger partial charge in [-0.2, -0.15) is 0 Å². The first-order valence-corrected chi connectivity index (χ1v) is 6.50. The number of ether oxygens (including phenoxy) is 3. The Morgan fingerprint density at radius 2 is 1.67 bits per heavy atom. The number of rotatable bonds is 10. The molecule has 4 heteroatoms. The monoisotopic (exact) mass is 253 g/mol. The van der Waals surface area contributed by atoms with Gasteiger partial charge in [0.15, 0.2) is 0 Å². The fraction of sp³-hybridized carbons (Fsp3) is 0.571. The molecular weight excluding hydrogens is 230 g/mol. The third-order valence-corrected chi connectivity index (χ3v) is 2.35. The molecule has 1 rings (SSSR count). The number of benzene rings is 1. The summed E-state index contributed by atoms with van der Waals surface area (Å²) in [5.41, 5.74) is 5.38. The van der Waals surface area contributed by atoms with Crippen molar-refractivity contribution in [2.24, 2.45) is 5.73 Å². The van der Waals surface area contributed by atoms with Gasteiger partial charge in [0, 0.05) is 25.8 Å². The molecule has 0 saturated heterocycles. The average Bonchev–Trinajstić information content (AvgIpc) is 2.41. The molecule has 0 saturated carbocycles. The molecule has 0 heterocycles. The molecule has 0 bridgehead atoms. The van der Waals surface area contributed by atoms with Crippen LogP contribution in [0.2, 0.25) is 0 Å². The van der Waals surface area contributed by atoms with Crippen LogP contribution in [-0.4, -0.2) is 33.0 Å². The van der Waals surface area contributed by atoms with Crippen molar-refractivity contribution in [3.63, 3.8) is 0 Å². The highest BCUT2D eigenvalue weighted by Crippen LogP contribution is 2.19. The van der Waals surface area contributed by atoms with E-state index < -0.39 is 0 Å². The van der Waals surface area contributed by atoms with E-state index in [0.717, 1.165) is 37.6 Å². The topological polar surface area (TPSA) is 53.7 Å². The van der Waals surface area contributed by atoms with Crippen molar-refractivity contribution in [2.45, 2.75) is 19.8 Å². The summed E-state index contributed by atoms with van der Waals surface area (Å²) in [6, 6.07) is 7.63. The summed E-state index contributed by atoms with van der Waals surface area (Å²) in [4.78, 5) is 0. The molecule has 0 aliphatic rings. The van der Waals surface area contributed by atoms with Crippen LogP contribution in [0.3, 0.4) is 0 Å². The van der Waals surface area contributed by atoms with Crippen LogP contribution in [0.25, 0.3) is 0 Å². The second kappa shape index (κ2) is 9.74. The Hall–Kier alpha value is -1.26. The Kier molecular flexibility index (Phi) is 8.01. The highest BCUT2D eigenvalue weighted by atomic mass is 16.5. The molecule has 0 aromatic heterocycles. The summed E-state index contributed by atoms with van der Waals surface area (Å²) in [6.07, 6.45) is 2.02. The largest absolute Gasteiger partial charge is 0.493 e. The van der Waals surface area contributed by atoms with E-state index in [1.165, 1.54) is 0 Å². The van der Waals surface area contributed by atoms with Crippen LogP contribution in [-0.2, 0) is 4.74 Å². The van der Waals surface area contributed by atoms with Gasteiger partial charge in [-0.25, -0.2) is 0 Å². The summed E-state index contributed by atoms with van der Waals surface area (Å²) in [6.45, 7) is 5.33. The smallest absolute Gasteiger partial charge is 0.123 e. The van der Waals surface area contributed by atoms with Crippen LogP contribution < -0.4 is 15.2 Å². The van der Waals surface area contributed by atoms with E-state index in [1.54, 1.807) is 0 Å². The van der Waals surface area contributed by atoms with E-state index in [4.69, 9.17) is 19.9 Å². The van der Waals surface area contributed by atoms with Crippen LogP contribution in [0.4, 0.5) is 0 Å². The summed E-state index contributed by atoms with van der Waals surface area (Å²) in [5.74, 6) is 1.63. The van der Waals surface area contributed by atoms with Crippen LogP contribution >= 0.6 is 0 Å². The normalized spacial score (nSPS) is 10.3. The molecule has 18 heavy (non-hydrogen) atoms. The van der Waals surface area contributed by atoms with E-state index >= 15 is 0 Å². The third kappa shape index (κ3) is 6.47. The third-order valence-electron chi connectivity index (χ3n) is 2.35. The predicted octanol–water partition coefficient (Wildman–Crippen LogP) is 2.22. The molecule has 0 unspecified atom stereocenters. The lowest BCUT2D eigenvalue weighted by atomic mass is 10.3. The Bertz CT molecular complexity index is 318. The molecule has 0 spiro atoms. The minimum atomic E-state index is 0.516. The minimum Gasteiger partial charge on any atom is -0.493 e. The lowest BCUT2D eigenvalue weighted by Gasteiger charge is -2.09. The van der Waals surface area contributed by atoms with Gasteiger partial charge in [-0.3, -0.25) is 0 Å². The fourth-order valence-electron chi connectivity index (χ4n) is 1.47. The van der Waals surface area contributed by atoms with Crippen LogP contribution in [0, 0.1) is 0 Å². The maximum Gasteiger partial charge on any atom is 0.123 e. The molecule has 102 valence electrons. The summed E-state index contributed by atoms with van der Waals surface area (Å²) in [7, 11) is 0. The second-order valence-corrected chi connectivity index (χ2v) is 3.86. The van der Waals surface area contributed by atoms with Gasteiger partial charge < -0.3 is 19.9 Å². The molecule has 0 fully saturated rings. The minimum absolute atomic E-state index is 0.516. The summed E-state index contributed by atoms with van der Waals surface area (Å²) in [5, 5.41) is 0. The van der Waals surface area contributed by atoms with Gasteiger partial charge in [-0.15, -0.1) is 0 Å². The van der Waals surface area contributed by atoms with E-state index in [0.29, 0.717) is 19.8 Å². The first-order chi connectivity index (χ1) is 8.86. The zero-order valence-electron chi connectivity index (χ0n) is 11.1. The fourth-order valence-corrected chi connectivity index (χ4v) is 1.47. The van der Waals surface area contributed by atoms with Gasteiger partial charge in [0.25, 0.3) is 0 Å². The Morgan fingerprint density at radius 1 is 1.00 bits per heavy atom. The summed E-state index contributed by atoms with van der Waals surface area (Å²) < 4.78 is 16.3. The van der Waals surface area contributed by atoms with Gasteiger partial charge in [0.1, 0.15) is 18.1 Å². The lowest BCUT2D eigenvalue weighted by molar-refractivity contribution is 0.138. The maximum atomic E-state index is 5.64. The van der Waals surface area contributed by atoms with Gasteiger partial charge in [-0.05, 0) is 31.9 Å². The van der Waals surface area contributed by atoms with Crippen molar-refractivity contribution >= 4 is 0 Å². The van der Waals surface area contributed by atoms with Gasteiger partial charge in [-0.1, -0.05) is 6.07 Å². The number of hydrogen-bond donors (Lipinski definition) is 1. The Morgan fingerprint density at radius 3 is 2.33 bits per heavy atom. The SMILES string of the molecule is CCOCCCCOc1cccc(OCCN)c1. The predicted molar refractivity (Wildman–Crippen MR) is 72.2 cm³/mol. The Labute approximate surface area is 109 Å². The summed E-state index contributed by atoms with van der Waals surface area (Å²) >= 11 is 0. The molecule has 0 radical (unpaired) electrons. The van der Waals surface area contributed by atoms with E-state index in [-0.39, 0.29) is 0 Å². The van der Waals surface area contributed by atoms with Gasteiger partial charge in [0.2, 0.25) is 0 Å². The van der Waals surface area contributed by atoms with Crippen molar-refractivity contribution < 1.29 is 14.2 Å². The molecule has 2 N–H and O–H groups in total. The van der Waals surface area contributed by atoms with Crippen LogP contribution in [0.1, 0.15) is 19.8 Å². The maximum absolute atomic E-state index is 5.64. The molecule has 1 aromatic carbocycles. The van der Waals surface area contributed by atoms with Crippen LogP contribution in [0.15, 0.2) is 24.3 Å². The first-order valence-electron chi connectivity index (χ1n) is 6.50. The Balaban J connectivity index is 2.20. The van der Waals surface area contributed by atoms with Gasteiger partial charge >= 0.3 is 0 Å². The highest BCUT2D eigenvalue weighted by Gasteiger charge is 1.97. The molecule has 0 aliphatic heterocycles. The molecule has 0 amide bonds. The number of unbranched alkanes of at least 4 members (excludes halogenated alkanes) is 1. The van der Waals surface area contributed by atoms with E-state index in [1.807, 2.05) is 31.2 Å². The second-order valence-electron chi connectivity index (χ2n) is 3.86. The molecule has 1 aromatic rings. The number of nitrogens with two attached hydrogens (primary N) is 1.